The van der Waals surface area contributed by atoms with Crippen molar-refractivity contribution in [2.45, 2.75) is 50.9 Å². The number of likely N-dealkylation sites (tertiary alicyclic amines) is 1. The van der Waals surface area contributed by atoms with Crippen LogP contribution < -0.4 is 19.9 Å². The fourth-order valence-electron chi connectivity index (χ4n) is 6.72. The molecule has 0 radical (unpaired) electrons. The first-order valence-corrected chi connectivity index (χ1v) is 17.1. The smallest absolute Gasteiger partial charge is 0.328 e. The highest BCUT2D eigenvalue weighted by molar-refractivity contribution is 5.96. The first kappa shape index (κ1) is 34.7. The van der Waals surface area contributed by atoms with Crippen molar-refractivity contribution in [3.8, 4) is 5.75 Å². The van der Waals surface area contributed by atoms with Gasteiger partial charge in [0.05, 0.1) is 11.1 Å². The van der Waals surface area contributed by atoms with E-state index in [0.29, 0.717) is 67.6 Å². The molecule has 1 unspecified atom stereocenters. The van der Waals surface area contributed by atoms with E-state index in [0.717, 1.165) is 61.9 Å². The number of nitrogens with zero attached hydrogens (tertiary/aromatic N) is 7. The van der Waals surface area contributed by atoms with Crippen LogP contribution >= 0.6 is 0 Å². The fraction of sp³-hybridized carbons (Fsp3) is 0.588. The molecule has 3 saturated heterocycles. The topological polar surface area (TPSA) is 121 Å². The zero-order valence-electron chi connectivity index (χ0n) is 27.9. The number of piperazine rings is 1. The van der Waals surface area contributed by atoms with Gasteiger partial charge < -0.3 is 34.6 Å². The summed E-state index contributed by atoms with van der Waals surface area (Å²) in [6, 6.07) is 3.58. The van der Waals surface area contributed by atoms with Gasteiger partial charge >= 0.3 is 5.97 Å². The van der Waals surface area contributed by atoms with Crippen molar-refractivity contribution in [1.82, 2.24) is 24.6 Å². The number of fused-ring (bicyclic) bond motifs is 1. The third-order valence-electron chi connectivity index (χ3n) is 9.50. The van der Waals surface area contributed by atoms with E-state index in [1.54, 1.807) is 16.8 Å². The average Bonchev–Trinajstić information content (AvgIpc) is 3.79. The lowest BCUT2D eigenvalue weighted by atomic mass is 10.1. The Morgan fingerprint density at radius 3 is 2.53 bits per heavy atom. The molecule has 1 aromatic carbocycles. The summed E-state index contributed by atoms with van der Waals surface area (Å²) in [5.41, 5.74) is 1.04. The minimum atomic E-state index is -2.70. The Morgan fingerprint density at radius 1 is 1.08 bits per heavy atom. The Labute approximate surface area is 283 Å². The van der Waals surface area contributed by atoms with E-state index in [1.807, 2.05) is 6.92 Å². The predicted molar refractivity (Wildman–Crippen MR) is 182 cm³/mol. The summed E-state index contributed by atoms with van der Waals surface area (Å²) in [6.07, 6.45) is 8.88. The van der Waals surface area contributed by atoms with Gasteiger partial charge in [-0.25, -0.2) is 32.6 Å². The van der Waals surface area contributed by atoms with Crippen LogP contribution in [0, 0.1) is 6.92 Å². The largest absolute Gasteiger partial charge is 0.490 e. The number of carboxylic acids is 1. The monoisotopic (exact) mass is 686 g/mol. The Bertz CT molecular complexity index is 1610. The molecule has 49 heavy (non-hydrogen) atoms. The molecule has 5 heterocycles. The molecule has 3 aliphatic rings. The summed E-state index contributed by atoms with van der Waals surface area (Å²) < 4.78 is 54.5. The lowest BCUT2D eigenvalue weighted by molar-refractivity contribution is -0.131. The van der Waals surface area contributed by atoms with Crippen molar-refractivity contribution in [3.05, 3.63) is 35.8 Å². The van der Waals surface area contributed by atoms with E-state index < -0.39 is 31.6 Å². The summed E-state index contributed by atoms with van der Waals surface area (Å²) in [5.74, 6) is -0.0893. The molecule has 2 N–H and O–H groups in total. The summed E-state index contributed by atoms with van der Waals surface area (Å²) in [6.45, 7) is 5.09. The number of aliphatic carboxylic acids is 1. The molecule has 15 heteroatoms. The van der Waals surface area contributed by atoms with Crippen molar-refractivity contribution in [2.24, 2.45) is 0 Å². The number of carbonyl (C=O) groups is 1. The van der Waals surface area contributed by atoms with Crippen LogP contribution in [0.2, 0.25) is 0 Å². The number of benzene rings is 1. The van der Waals surface area contributed by atoms with Gasteiger partial charge in [0.15, 0.2) is 11.9 Å². The van der Waals surface area contributed by atoms with Gasteiger partial charge in [-0.2, -0.15) is 5.10 Å². The Morgan fingerprint density at radius 2 is 1.84 bits per heavy atom. The molecule has 266 valence electrons. The molecule has 12 nitrogen and oxygen atoms in total. The standard InChI is InChI=1S/C34H45F3N8O4/c1-24-27(38-9-12-42-10-3-4-11-42)18-25(49-22-34(37,20-35)21-36)19-28(24)43-13-15-44(16-14-43)32-31-26(7-8-30(46)47)41-45(33(31)40-23-39-32)29-6-2-5-17-48-29/h7-8,18-19,23,29,38H,2-6,9-17,20-22H2,1H3,(H,46,47). The SMILES string of the molecule is Cc1c(NCCN2CCCC2)cc(OCC(F)(CF)CF)cc1N1CCN(c2ncnc3c2c(C=CC(=O)O)nn3C2CCCCO2)CC1. The van der Waals surface area contributed by atoms with Crippen LogP contribution in [-0.2, 0) is 9.53 Å². The first-order chi connectivity index (χ1) is 23.8. The van der Waals surface area contributed by atoms with Crippen LogP contribution in [0.3, 0.4) is 0 Å². The van der Waals surface area contributed by atoms with Gasteiger partial charge in [0.2, 0.25) is 5.67 Å². The van der Waals surface area contributed by atoms with Crippen LogP contribution in [0.5, 0.6) is 5.75 Å². The van der Waals surface area contributed by atoms with E-state index in [1.165, 1.54) is 25.2 Å². The normalized spacial score (nSPS) is 19.3. The molecule has 6 rings (SSSR count). The Kier molecular flexibility index (Phi) is 11.1. The molecule has 0 spiro atoms. The second kappa shape index (κ2) is 15.6. The number of anilines is 3. The van der Waals surface area contributed by atoms with Crippen molar-refractivity contribution in [2.75, 3.05) is 94.0 Å². The maximum absolute atomic E-state index is 14.5. The van der Waals surface area contributed by atoms with Gasteiger partial charge in [-0.3, -0.25) is 0 Å². The van der Waals surface area contributed by atoms with Crippen molar-refractivity contribution in [3.63, 3.8) is 0 Å². The summed E-state index contributed by atoms with van der Waals surface area (Å²) in [4.78, 5) is 27.4. The first-order valence-electron chi connectivity index (χ1n) is 17.1. The van der Waals surface area contributed by atoms with E-state index in [4.69, 9.17) is 14.6 Å². The third-order valence-corrected chi connectivity index (χ3v) is 9.50. The molecule has 0 bridgehead atoms. The quantitative estimate of drug-likeness (QED) is 0.228. The van der Waals surface area contributed by atoms with E-state index >= 15 is 0 Å². The van der Waals surface area contributed by atoms with E-state index in [-0.39, 0.29) is 6.23 Å². The zero-order valence-corrected chi connectivity index (χ0v) is 27.9. The molecule has 2 aromatic heterocycles. The molecule has 0 saturated carbocycles. The molecule has 3 aliphatic heterocycles. The van der Waals surface area contributed by atoms with Crippen LogP contribution in [0.15, 0.2) is 24.5 Å². The highest BCUT2D eigenvalue weighted by atomic mass is 19.2. The van der Waals surface area contributed by atoms with E-state index in [9.17, 15) is 23.1 Å². The number of rotatable bonds is 14. The Balaban J connectivity index is 1.24. The number of carboxylic acid groups (broad SMARTS) is 1. The number of hydrogen-bond donors (Lipinski definition) is 2. The second-order valence-corrected chi connectivity index (χ2v) is 13.0. The minimum absolute atomic E-state index is 0.296. The summed E-state index contributed by atoms with van der Waals surface area (Å²) in [7, 11) is 0. The van der Waals surface area contributed by atoms with Crippen LogP contribution in [0.4, 0.5) is 30.4 Å². The predicted octanol–water partition coefficient (Wildman–Crippen LogP) is 4.79. The number of hydrogen-bond acceptors (Lipinski definition) is 10. The summed E-state index contributed by atoms with van der Waals surface area (Å²) in [5, 5.41) is 18.3. The lowest BCUT2D eigenvalue weighted by Gasteiger charge is -2.38. The number of aromatic nitrogens is 4. The maximum Gasteiger partial charge on any atom is 0.328 e. The molecule has 0 aliphatic carbocycles. The van der Waals surface area contributed by atoms with Gasteiger partial charge in [0, 0.05) is 75.5 Å². The van der Waals surface area contributed by atoms with Gasteiger partial charge in [-0.05, 0) is 63.8 Å². The van der Waals surface area contributed by atoms with E-state index in [2.05, 4.69) is 30.0 Å². The molecular weight excluding hydrogens is 641 g/mol. The van der Waals surface area contributed by atoms with Crippen LogP contribution in [0.1, 0.15) is 49.6 Å². The number of halogens is 3. The van der Waals surface area contributed by atoms with Crippen LogP contribution in [0.25, 0.3) is 17.1 Å². The van der Waals surface area contributed by atoms with Gasteiger partial charge in [-0.15, -0.1) is 0 Å². The van der Waals surface area contributed by atoms with Crippen molar-refractivity contribution < 1.29 is 32.5 Å². The highest BCUT2D eigenvalue weighted by Crippen LogP contribution is 2.36. The summed E-state index contributed by atoms with van der Waals surface area (Å²) >= 11 is 0. The fourth-order valence-corrected chi connectivity index (χ4v) is 6.72. The average molecular weight is 687 g/mol. The van der Waals surface area contributed by atoms with Gasteiger partial charge in [0.1, 0.15) is 37.9 Å². The number of ether oxygens (including phenoxy) is 2. The van der Waals surface area contributed by atoms with Crippen LogP contribution in [-0.4, -0.2) is 120 Å². The minimum Gasteiger partial charge on any atom is -0.490 e. The number of nitrogens with one attached hydrogen (secondary N) is 1. The van der Waals surface area contributed by atoms with Gasteiger partial charge in [0.25, 0.3) is 0 Å². The molecule has 3 fully saturated rings. The molecule has 1 atom stereocenters. The Hall–Kier alpha value is -4.11. The third kappa shape index (κ3) is 8.04. The van der Waals surface area contributed by atoms with Crippen molar-refractivity contribution in [1.29, 1.82) is 0 Å². The second-order valence-electron chi connectivity index (χ2n) is 13.0. The maximum atomic E-state index is 14.5. The molecular formula is C34H45F3N8O4. The van der Waals surface area contributed by atoms with Gasteiger partial charge in [-0.1, -0.05) is 0 Å². The molecule has 3 aromatic rings. The van der Waals surface area contributed by atoms with Crippen molar-refractivity contribution >= 4 is 40.3 Å². The molecule has 0 amide bonds. The highest BCUT2D eigenvalue weighted by Gasteiger charge is 2.32. The zero-order chi connectivity index (χ0) is 34.4. The lowest BCUT2D eigenvalue weighted by Crippen LogP contribution is -2.47. The number of alkyl halides is 3.